The Labute approximate surface area is 130 Å². The summed E-state index contributed by atoms with van der Waals surface area (Å²) in [7, 11) is 0. The predicted octanol–water partition coefficient (Wildman–Crippen LogP) is 1.59. The third-order valence-corrected chi connectivity index (χ3v) is 2.37. The summed E-state index contributed by atoms with van der Waals surface area (Å²) in [6.07, 6.45) is 1.77. The molecule has 8 heteroatoms. The molecule has 0 unspecified atom stereocenters. The largest absolute Gasteiger partial charge is 0.481 e. The number of rotatable bonds is 10. The monoisotopic (exact) mass is 318 g/mol. The van der Waals surface area contributed by atoms with Crippen molar-refractivity contribution in [2.45, 2.75) is 58.5 Å². The lowest BCUT2D eigenvalue weighted by atomic mass is 10.2. The van der Waals surface area contributed by atoms with Crippen LogP contribution in [0.3, 0.4) is 0 Å². The van der Waals surface area contributed by atoms with Crippen molar-refractivity contribution < 1.29 is 29.1 Å². The minimum absolute atomic E-state index is 0.0735. The highest BCUT2D eigenvalue weighted by molar-refractivity contribution is 5.76. The van der Waals surface area contributed by atoms with Crippen LogP contribution >= 0.6 is 0 Å². The van der Waals surface area contributed by atoms with Crippen LogP contribution in [0.4, 0.5) is 4.79 Å². The van der Waals surface area contributed by atoms with Gasteiger partial charge in [0.25, 0.3) is 0 Å². The molecule has 0 aromatic rings. The topological polar surface area (TPSA) is 114 Å². The van der Waals surface area contributed by atoms with Crippen molar-refractivity contribution in [1.29, 1.82) is 0 Å². The van der Waals surface area contributed by atoms with Gasteiger partial charge in [-0.1, -0.05) is 6.42 Å². The average Bonchev–Trinajstić information content (AvgIpc) is 2.35. The van der Waals surface area contributed by atoms with E-state index in [1.54, 1.807) is 20.8 Å². The number of carbonyl (C=O) groups is 3. The van der Waals surface area contributed by atoms with E-state index in [9.17, 15) is 14.4 Å². The SMILES string of the molecule is CC(C)(C)OC(=O)NOCCCCCC(=O)NCCC(=O)O. The summed E-state index contributed by atoms with van der Waals surface area (Å²) in [6, 6.07) is 0. The van der Waals surface area contributed by atoms with Gasteiger partial charge in [0, 0.05) is 13.0 Å². The van der Waals surface area contributed by atoms with E-state index in [0.29, 0.717) is 25.9 Å². The minimum atomic E-state index is -0.935. The van der Waals surface area contributed by atoms with E-state index in [1.165, 1.54) is 0 Å². The Kier molecular flexibility index (Phi) is 9.93. The Morgan fingerprint density at radius 1 is 1.05 bits per heavy atom. The van der Waals surface area contributed by atoms with Crippen LogP contribution in [0.5, 0.6) is 0 Å². The maximum absolute atomic E-state index is 11.3. The van der Waals surface area contributed by atoms with Gasteiger partial charge in [-0.05, 0) is 33.6 Å². The molecule has 0 aliphatic carbocycles. The second-order valence-corrected chi connectivity index (χ2v) is 5.76. The van der Waals surface area contributed by atoms with E-state index in [1.807, 2.05) is 0 Å². The summed E-state index contributed by atoms with van der Waals surface area (Å²) in [5, 5.41) is 10.9. The fourth-order valence-corrected chi connectivity index (χ4v) is 1.44. The molecule has 0 fully saturated rings. The lowest BCUT2D eigenvalue weighted by Gasteiger charge is -2.19. The molecule has 0 bridgehead atoms. The summed E-state index contributed by atoms with van der Waals surface area (Å²) < 4.78 is 4.98. The molecular formula is C14H26N2O6. The zero-order valence-corrected chi connectivity index (χ0v) is 13.4. The standard InChI is InChI=1S/C14H26N2O6/c1-14(2,3)22-13(20)16-21-10-6-4-5-7-11(17)15-9-8-12(18)19/h4-10H2,1-3H3,(H,15,17)(H,16,20)(H,18,19). The van der Waals surface area contributed by atoms with Crippen molar-refractivity contribution >= 4 is 18.0 Å². The van der Waals surface area contributed by atoms with Crippen LogP contribution in [0.1, 0.15) is 52.9 Å². The van der Waals surface area contributed by atoms with E-state index >= 15 is 0 Å². The number of carboxylic acids is 1. The van der Waals surface area contributed by atoms with Gasteiger partial charge in [0.2, 0.25) is 5.91 Å². The van der Waals surface area contributed by atoms with Crippen molar-refractivity contribution in [3.63, 3.8) is 0 Å². The highest BCUT2D eigenvalue weighted by atomic mass is 16.7. The first-order chi connectivity index (χ1) is 10.2. The van der Waals surface area contributed by atoms with Gasteiger partial charge in [0.1, 0.15) is 5.60 Å². The summed E-state index contributed by atoms with van der Waals surface area (Å²) in [4.78, 5) is 37.8. The van der Waals surface area contributed by atoms with Crippen LogP contribution in [0.15, 0.2) is 0 Å². The van der Waals surface area contributed by atoms with Crippen molar-refractivity contribution in [3.05, 3.63) is 0 Å². The summed E-state index contributed by atoms with van der Waals surface area (Å²) in [5.74, 6) is -1.09. The van der Waals surface area contributed by atoms with Crippen molar-refractivity contribution in [3.8, 4) is 0 Å². The number of nitrogens with one attached hydrogen (secondary N) is 2. The number of aliphatic carboxylic acids is 1. The lowest BCUT2D eigenvalue weighted by molar-refractivity contribution is -0.136. The zero-order valence-electron chi connectivity index (χ0n) is 13.4. The maximum Gasteiger partial charge on any atom is 0.431 e. The molecule has 0 aliphatic rings. The number of amides is 2. The molecule has 0 aromatic heterocycles. The maximum atomic E-state index is 11.3. The van der Waals surface area contributed by atoms with Crippen molar-refractivity contribution in [2.24, 2.45) is 0 Å². The number of unbranched alkanes of at least 4 members (excludes halogenated alkanes) is 2. The van der Waals surface area contributed by atoms with Gasteiger partial charge in [0.15, 0.2) is 0 Å². The third-order valence-electron chi connectivity index (χ3n) is 2.37. The number of carboxylic acid groups (broad SMARTS) is 1. The van der Waals surface area contributed by atoms with Crippen LogP contribution in [0.25, 0.3) is 0 Å². The van der Waals surface area contributed by atoms with E-state index in [4.69, 9.17) is 14.7 Å². The van der Waals surface area contributed by atoms with Gasteiger partial charge in [-0.2, -0.15) is 5.48 Å². The number of carbonyl (C=O) groups excluding carboxylic acids is 2. The molecule has 0 saturated carbocycles. The Bertz CT molecular complexity index is 365. The fraction of sp³-hybridized carbons (Fsp3) is 0.786. The van der Waals surface area contributed by atoms with Gasteiger partial charge in [-0.15, -0.1) is 0 Å². The van der Waals surface area contributed by atoms with E-state index in [2.05, 4.69) is 10.8 Å². The van der Waals surface area contributed by atoms with Gasteiger partial charge in [0.05, 0.1) is 13.0 Å². The second kappa shape index (κ2) is 10.8. The second-order valence-electron chi connectivity index (χ2n) is 5.76. The molecule has 22 heavy (non-hydrogen) atoms. The number of hydrogen-bond acceptors (Lipinski definition) is 5. The summed E-state index contributed by atoms with van der Waals surface area (Å²) in [5.41, 5.74) is 1.61. The Morgan fingerprint density at radius 2 is 1.73 bits per heavy atom. The van der Waals surface area contributed by atoms with E-state index in [0.717, 1.165) is 6.42 Å². The van der Waals surface area contributed by atoms with Crippen molar-refractivity contribution in [1.82, 2.24) is 10.8 Å². The van der Waals surface area contributed by atoms with E-state index < -0.39 is 17.7 Å². The molecule has 8 nitrogen and oxygen atoms in total. The quantitative estimate of drug-likeness (QED) is 0.416. The first kappa shape index (κ1) is 20.2. The van der Waals surface area contributed by atoms with Gasteiger partial charge >= 0.3 is 12.1 Å². The van der Waals surface area contributed by atoms with Crippen LogP contribution in [-0.4, -0.2) is 41.8 Å². The van der Waals surface area contributed by atoms with Crippen LogP contribution in [0, 0.1) is 0 Å². The summed E-state index contributed by atoms with van der Waals surface area (Å²) in [6.45, 7) is 5.76. The molecule has 0 aromatic carbocycles. The summed E-state index contributed by atoms with van der Waals surface area (Å²) >= 11 is 0. The Morgan fingerprint density at radius 3 is 2.32 bits per heavy atom. The predicted molar refractivity (Wildman–Crippen MR) is 79.1 cm³/mol. The minimum Gasteiger partial charge on any atom is -0.481 e. The zero-order chi connectivity index (χ0) is 17.0. The van der Waals surface area contributed by atoms with Gasteiger partial charge in [-0.25, -0.2) is 4.79 Å². The molecule has 0 rings (SSSR count). The Hall–Kier alpha value is -1.83. The number of hydrogen-bond donors (Lipinski definition) is 3. The number of hydroxylamine groups is 1. The smallest absolute Gasteiger partial charge is 0.431 e. The van der Waals surface area contributed by atoms with Gasteiger partial charge in [-0.3, -0.25) is 14.4 Å². The van der Waals surface area contributed by atoms with E-state index in [-0.39, 0.29) is 18.9 Å². The van der Waals surface area contributed by atoms with Crippen molar-refractivity contribution in [2.75, 3.05) is 13.2 Å². The molecule has 128 valence electrons. The number of ether oxygens (including phenoxy) is 1. The molecule has 0 radical (unpaired) electrons. The first-order valence-corrected chi connectivity index (χ1v) is 7.30. The third kappa shape index (κ3) is 14.6. The molecule has 0 saturated heterocycles. The first-order valence-electron chi connectivity index (χ1n) is 7.30. The molecule has 0 heterocycles. The lowest BCUT2D eigenvalue weighted by Crippen LogP contribution is -2.32. The average molecular weight is 318 g/mol. The Balaban J connectivity index is 3.41. The highest BCUT2D eigenvalue weighted by Crippen LogP contribution is 2.06. The molecule has 3 N–H and O–H groups in total. The van der Waals surface area contributed by atoms with Crippen LogP contribution in [-0.2, 0) is 19.2 Å². The molecule has 0 spiro atoms. The molecule has 2 amide bonds. The highest BCUT2D eigenvalue weighted by Gasteiger charge is 2.15. The molecular weight excluding hydrogens is 292 g/mol. The molecule has 0 aliphatic heterocycles. The van der Waals surface area contributed by atoms with Crippen LogP contribution in [0.2, 0.25) is 0 Å². The fourth-order valence-electron chi connectivity index (χ4n) is 1.44. The molecule has 0 atom stereocenters. The van der Waals surface area contributed by atoms with Gasteiger partial charge < -0.3 is 15.2 Å². The van der Waals surface area contributed by atoms with Crippen LogP contribution < -0.4 is 10.8 Å². The normalized spacial score (nSPS) is 10.9.